The van der Waals surface area contributed by atoms with Crippen molar-refractivity contribution in [2.24, 2.45) is 0 Å². The molecule has 25 heavy (non-hydrogen) atoms. The number of halogens is 2. The van der Waals surface area contributed by atoms with E-state index in [1.807, 2.05) is 54.6 Å². The third-order valence-corrected chi connectivity index (χ3v) is 4.40. The molecule has 0 atom stereocenters. The van der Waals surface area contributed by atoms with E-state index in [4.69, 9.17) is 23.2 Å². The van der Waals surface area contributed by atoms with Crippen LogP contribution in [0.15, 0.2) is 72.8 Å². The van der Waals surface area contributed by atoms with E-state index >= 15 is 0 Å². The molecule has 3 nitrogen and oxygen atoms in total. The Bertz CT molecular complexity index is 882. The second-order valence-corrected chi connectivity index (χ2v) is 6.26. The highest BCUT2D eigenvalue weighted by atomic mass is 35.5. The summed E-state index contributed by atoms with van der Waals surface area (Å²) in [6, 6.07) is 22.8. The summed E-state index contributed by atoms with van der Waals surface area (Å²) in [7, 11) is 0. The van der Waals surface area contributed by atoms with Crippen LogP contribution in [0.2, 0.25) is 10.0 Å². The predicted molar refractivity (Wildman–Crippen MR) is 105 cm³/mol. The van der Waals surface area contributed by atoms with Crippen LogP contribution in [-0.2, 0) is 4.79 Å². The fourth-order valence-electron chi connectivity index (χ4n) is 2.44. The van der Waals surface area contributed by atoms with Crippen LogP contribution in [0.5, 0.6) is 0 Å². The molecule has 0 spiro atoms. The summed E-state index contributed by atoms with van der Waals surface area (Å²) in [5, 5.41) is 6.91. The van der Waals surface area contributed by atoms with Gasteiger partial charge < -0.3 is 10.6 Å². The van der Waals surface area contributed by atoms with Gasteiger partial charge in [-0.2, -0.15) is 0 Å². The van der Waals surface area contributed by atoms with Gasteiger partial charge in [0.15, 0.2) is 0 Å². The number of carbonyl (C=O) groups is 1. The number of nitrogens with one attached hydrogen (secondary N) is 2. The summed E-state index contributed by atoms with van der Waals surface area (Å²) in [5.74, 6) is -0.144. The third kappa shape index (κ3) is 4.53. The molecule has 0 aliphatic carbocycles. The van der Waals surface area contributed by atoms with Crippen LogP contribution in [0.1, 0.15) is 0 Å². The van der Waals surface area contributed by atoms with Crippen molar-refractivity contribution in [3.63, 3.8) is 0 Å². The van der Waals surface area contributed by atoms with Crippen molar-refractivity contribution >= 4 is 40.5 Å². The molecule has 0 saturated heterocycles. The molecule has 0 aliphatic rings. The van der Waals surface area contributed by atoms with Gasteiger partial charge in [-0.15, -0.1) is 0 Å². The highest BCUT2D eigenvalue weighted by molar-refractivity contribution is 6.42. The van der Waals surface area contributed by atoms with Crippen molar-refractivity contribution in [3.05, 3.63) is 82.8 Å². The second-order valence-electron chi connectivity index (χ2n) is 5.44. The molecular formula is C20H16Cl2N2O. The Morgan fingerprint density at radius 2 is 1.56 bits per heavy atom. The molecule has 0 saturated carbocycles. The maximum atomic E-state index is 12.3. The molecule has 0 aromatic heterocycles. The number of para-hydroxylation sites is 1. The van der Waals surface area contributed by atoms with Crippen molar-refractivity contribution in [1.82, 2.24) is 0 Å². The minimum absolute atomic E-state index is 0.126. The number of hydrogen-bond donors (Lipinski definition) is 2. The second kappa shape index (κ2) is 8.06. The molecule has 0 bridgehead atoms. The Hall–Kier alpha value is -2.49. The first-order valence-corrected chi connectivity index (χ1v) is 8.52. The lowest BCUT2D eigenvalue weighted by Gasteiger charge is -2.12. The Kier molecular flexibility index (Phi) is 5.59. The van der Waals surface area contributed by atoms with Crippen molar-refractivity contribution < 1.29 is 4.79 Å². The molecule has 0 unspecified atom stereocenters. The molecular weight excluding hydrogens is 355 g/mol. The van der Waals surface area contributed by atoms with Gasteiger partial charge in [0.25, 0.3) is 0 Å². The molecule has 1 amide bonds. The largest absolute Gasteiger partial charge is 0.376 e. The molecule has 0 heterocycles. The topological polar surface area (TPSA) is 41.1 Å². The maximum absolute atomic E-state index is 12.3. The number of benzene rings is 3. The van der Waals surface area contributed by atoms with Gasteiger partial charge in [0.1, 0.15) is 0 Å². The average molecular weight is 371 g/mol. The van der Waals surface area contributed by atoms with E-state index in [-0.39, 0.29) is 12.5 Å². The Labute approximate surface area is 156 Å². The van der Waals surface area contributed by atoms with Crippen molar-refractivity contribution in [3.8, 4) is 11.1 Å². The molecule has 3 rings (SSSR count). The van der Waals surface area contributed by atoms with Crippen LogP contribution in [-0.4, -0.2) is 12.5 Å². The minimum Gasteiger partial charge on any atom is -0.376 e. The molecule has 0 fully saturated rings. The highest BCUT2D eigenvalue weighted by Gasteiger charge is 2.08. The quantitative estimate of drug-likeness (QED) is 0.603. The average Bonchev–Trinajstić information content (AvgIpc) is 2.64. The van der Waals surface area contributed by atoms with E-state index in [1.165, 1.54) is 0 Å². The fourth-order valence-corrected chi connectivity index (χ4v) is 2.74. The lowest BCUT2D eigenvalue weighted by Crippen LogP contribution is -2.22. The van der Waals surface area contributed by atoms with Crippen molar-refractivity contribution in [1.29, 1.82) is 0 Å². The number of amides is 1. The molecule has 3 aromatic rings. The van der Waals surface area contributed by atoms with Gasteiger partial charge in [-0.25, -0.2) is 0 Å². The van der Waals surface area contributed by atoms with Crippen LogP contribution >= 0.6 is 23.2 Å². The molecule has 5 heteroatoms. The summed E-state index contributed by atoms with van der Waals surface area (Å²) in [5.41, 5.74) is 3.54. The summed E-state index contributed by atoms with van der Waals surface area (Å²) in [6.45, 7) is 0.126. The Morgan fingerprint density at radius 1 is 0.840 bits per heavy atom. The zero-order valence-electron chi connectivity index (χ0n) is 13.3. The standard InChI is InChI=1S/C20H16Cl2N2O/c21-17-11-10-15(12-18(17)22)23-13-20(25)24-19-9-5-4-8-16(19)14-6-2-1-3-7-14/h1-12,23H,13H2,(H,24,25). The van der Waals surface area contributed by atoms with Crippen LogP contribution in [0.4, 0.5) is 11.4 Å². The van der Waals surface area contributed by atoms with Crippen molar-refractivity contribution in [2.45, 2.75) is 0 Å². The highest BCUT2D eigenvalue weighted by Crippen LogP contribution is 2.28. The lowest BCUT2D eigenvalue weighted by atomic mass is 10.0. The number of rotatable bonds is 5. The zero-order valence-corrected chi connectivity index (χ0v) is 14.8. The SMILES string of the molecule is O=C(CNc1ccc(Cl)c(Cl)c1)Nc1ccccc1-c1ccccc1. The summed E-state index contributed by atoms with van der Waals surface area (Å²) in [6.07, 6.45) is 0. The molecule has 2 N–H and O–H groups in total. The van der Waals surface area contributed by atoms with E-state index in [0.717, 1.165) is 22.5 Å². The maximum Gasteiger partial charge on any atom is 0.243 e. The fraction of sp³-hybridized carbons (Fsp3) is 0.0500. The first-order chi connectivity index (χ1) is 12.1. The predicted octanol–water partition coefficient (Wildman–Crippen LogP) is 5.71. The number of hydrogen-bond acceptors (Lipinski definition) is 2. The van der Waals surface area contributed by atoms with Crippen LogP contribution < -0.4 is 10.6 Å². The van der Waals surface area contributed by atoms with E-state index in [0.29, 0.717) is 10.0 Å². The van der Waals surface area contributed by atoms with Gasteiger partial charge >= 0.3 is 0 Å². The third-order valence-electron chi connectivity index (χ3n) is 3.66. The Balaban J connectivity index is 1.68. The minimum atomic E-state index is -0.144. The monoisotopic (exact) mass is 370 g/mol. The van der Waals surface area contributed by atoms with Gasteiger partial charge in [0, 0.05) is 16.9 Å². The van der Waals surface area contributed by atoms with E-state index < -0.39 is 0 Å². The van der Waals surface area contributed by atoms with Crippen LogP contribution in [0.3, 0.4) is 0 Å². The van der Waals surface area contributed by atoms with Gasteiger partial charge in [0.2, 0.25) is 5.91 Å². The number of carbonyl (C=O) groups excluding carboxylic acids is 1. The zero-order chi connectivity index (χ0) is 17.6. The molecule has 3 aromatic carbocycles. The molecule has 0 aliphatic heterocycles. The number of anilines is 2. The molecule has 126 valence electrons. The first-order valence-electron chi connectivity index (χ1n) is 7.77. The summed E-state index contributed by atoms with van der Waals surface area (Å²) < 4.78 is 0. The van der Waals surface area contributed by atoms with E-state index in [1.54, 1.807) is 18.2 Å². The summed E-state index contributed by atoms with van der Waals surface area (Å²) >= 11 is 11.9. The molecule has 0 radical (unpaired) electrons. The summed E-state index contributed by atoms with van der Waals surface area (Å²) in [4.78, 5) is 12.3. The van der Waals surface area contributed by atoms with Crippen molar-refractivity contribution in [2.75, 3.05) is 17.2 Å². The Morgan fingerprint density at radius 3 is 2.32 bits per heavy atom. The van der Waals surface area contributed by atoms with Gasteiger partial charge in [-0.05, 0) is 29.8 Å². The van der Waals surface area contributed by atoms with Gasteiger partial charge in [-0.3, -0.25) is 4.79 Å². The lowest BCUT2D eigenvalue weighted by molar-refractivity contribution is -0.114. The van der Waals surface area contributed by atoms with Gasteiger partial charge in [-0.1, -0.05) is 71.7 Å². The first kappa shape index (κ1) is 17.3. The van der Waals surface area contributed by atoms with E-state index in [2.05, 4.69) is 10.6 Å². The van der Waals surface area contributed by atoms with Crippen LogP contribution in [0.25, 0.3) is 11.1 Å². The van der Waals surface area contributed by atoms with Crippen LogP contribution in [0, 0.1) is 0 Å². The van der Waals surface area contributed by atoms with E-state index in [9.17, 15) is 4.79 Å². The normalized spacial score (nSPS) is 10.3. The smallest absolute Gasteiger partial charge is 0.243 e. The van der Waals surface area contributed by atoms with Gasteiger partial charge in [0.05, 0.1) is 16.6 Å².